The molecule has 0 radical (unpaired) electrons. The molecule has 25 heavy (non-hydrogen) atoms. The molecule has 0 atom stereocenters. The van der Waals surface area contributed by atoms with Crippen molar-refractivity contribution in [1.82, 2.24) is 9.78 Å². The summed E-state index contributed by atoms with van der Waals surface area (Å²) < 4.78 is 14.9. The number of anilines is 1. The van der Waals surface area contributed by atoms with Crippen LogP contribution in [0.1, 0.15) is 27.6 Å². The smallest absolute Gasteiger partial charge is 0.339 e. The second-order valence-electron chi connectivity index (χ2n) is 5.18. The molecule has 0 aliphatic carbocycles. The molecular weight excluding hydrogens is 345 g/mol. The molecule has 3 aromatic rings. The highest BCUT2D eigenvalue weighted by Gasteiger charge is 2.22. The van der Waals surface area contributed by atoms with Crippen LogP contribution in [0, 0.1) is 5.82 Å². The summed E-state index contributed by atoms with van der Waals surface area (Å²) in [5, 5.41) is 18.2. The average molecular weight is 359 g/mol. The predicted molar refractivity (Wildman–Crippen MR) is 92.5 cm³/mol. The van der Waals surface area contributed by atoms with E-state index in [-0.39, 0.29) is 16.1 Å². The van der Waals surface area contributed by atoms with Gasteiger partial charge in [-0.25, -0.2) is 9.18 Å². The first-order chi connectivity index (χ1) is 12.0. The van der Waals surface area contributed by atoms with Gasteiger partial charge in [-0.2, -0.15) is 5.10 Å². The van der Waals surface area contributed by atoms with Crippen LogP contribution in [0.25, 0.3) is 11.3 Å². The van der Waals surface area contributed by atoms with E-state index >= 15 is 0 Å². The Morgan fingerprint density at radius 2 is 2.16 bits per heavy atom. The van der Waals surface area contributed by atoms with Gasteiger partial charge in [-0.15, -0.1) is 11.3 Å². The molecule has 128 valence electrons. The highest BCUT2D eigenvalue weighted by Crippen LogP contribution is 2.35. The zero-order chi connectivity index (χ0) is 18.0. The van der Waals surface area contributed by atoms with Crippen LogP contribution in [0.2, 0.25) is 0 Å². The van der Waals surface area contributed by atoms with Crippen LogP contribution in [0.15, 0.2) is 41.9 Å². The van der Waals surface area contributed by atoms with Gasteiger partial charge in [0.15, 0.2) is 0 Å². The van der Waals surface area contributed by atoms with Crippen molar-refractivity contribution in [2.45, 2.75) is 13.5 Å². The zero-order valence-electron chi connectivity index (χ0n) is 13.2. The molecule has 0 saturated carbocycles. The summed E-state index contributed by atoms with van der Waals surface area (Å²) in [4.78, 5) is 23.9. The Kier molecular flexibility index (Phi) is 4.62. The lowest BCUT2D eigenvalue weighted by atomic mass is 10.1. The molecule has 0 fully saturated rings. The topological polar surface area (TPSA) is 84.2 Å². The number of nitrogens with zero attached hydrogens (tertiary/aromatic N) is 2. The highest BCUT2D eigenvalue weighted by molar-refractivity contribution is 7.15. The van der Waals surface area contributed by atoms with Crippen LogP contribution in [0.3, 0.4) is 0 Å². The second-order valence-corrected chi connectivity index (χ2v) is 6.06. The number of amides is 1. The largest absolute Gasteiger partial charge is 0.478 e. The number of hydrogen-bond donors (Lipinski definition) is 2. The fraction of sp³-hybridized carbons (Fsp3) is 0.118. The van der Waals surface area contributed by atoms with E-state index in [4.69, 9.17) is 0 Å². The first-order valence-corrected chi connectivity index (χ1v) is 8.33. The molecule has 2 heterocycles. The van der Waals surface area contributed by atoms with Crippen LogP contribution in [0.4, 0.5) is 9.39 Å². The quantitative estimate of drug-likeness (QED) is 0.727. The maximum atomic E-state index is 13.3. The Bertz CT molecular complexity index is 948. The van der Waals surface area contributed by atoms with Crippen molar-refractivity contribution in [2.75, 3.05) is 5.32 Å². The minimum absolute atomic E-state index is 0.0314. The Morgan fingerprint density at radius 1 is 1.36 bits per heavy atom. The minimum atomic E-state index is -1.17. The molecular formula is C17H14FN3O3S. The van der Waals surface area contributed by atoms with E-state index in [0.29, 0.717) is 17.8 Å². The molecule has 2 N–H and O–H groups in total. The normalized spacial score (nSPS) is 10.6. The van der Waals surface area contributed by atoms with Crippen molar-refractivity contribution in [3.8, 4) is 11.3 Å². The fourth-order valence-electron chi connectivity index (χ4n) is 2.34. The van der Waals surface area contributed by atoms with Crippen molar-refractivity contribution in [2.24, 2.45) is 0 Å². The minimum Gasteiger partial charge on any atom is -0.478 e. The van der Waals surface area contributed by atoms with E-state index in [1.807, 2.05) is 6.92 Å². The molecule has 0 unspecified atom stereocenters. The van der Waals surface area contributed by atoms with Gasteiger partial charge in [0, 0.05) is 29.2 Å². The highest BCUT2D eigenvalue weighted by atomic mass is 32.1. The zero-order valence-corrected chi connectivity index (χ0v) is 14.0. The van der Waals surface area contributed by atoms with Crippen LogP contribution >= 0.6 is 11.3 Å². The number of aromatic carboxylic acids is 1. The molecule has 0 bridgehead atoms. The number of carboxylic acid groups (broad SMARTS) is 1. The summed E-state index contributed by atoms with van der Waals surface area (Å²) in [6.07, 6.45) is 1.75. The SMILES string of the molecule is CCn1ccc(-c2csc(NC(=O)c3cccc(F)c3)c2C(=O)O)n1. The number of nitrogens with one attached hydrogen (secondary N) is 1. The summed E-state index contributed by atoms with van der Waals surface area (Å²) >= 11 is 1.09. The summed E-state index contributed by atoms with van der Waals surface area (Å²) in [6, 6.07) is 6.91. The number of aromatic nitrogens is 2. The summed E-state index contributed by atoms with van der Waals surface area (Å²) in [6.45, 7) is 2.59. The van der Waals surface area contributed by atoms with Gasteiger partial charge in [0.2, 0.25) is 0 Å². The Labute approximate surface area is 146 Å². The number of rotatable bonds is 5. The number of carbonyl (C=O) groups is 2. The molecule has 2 aromatic heterocycles. The first kappa shape index (κ1) is 16.8. The number of aryl methyl sites for hydroxylation is 1. The van der Waals surface area contributed by atoms with Crippen molar-refractivity contribution in [3.63, 3.8) is 0 Å². The van der Waals surface area contributed by atoms with Gasteiger partial charge in [0.25, 0.3) is 5.91 Å². The van der Waals surface area contributed by atoms with Gasteiger partial charge in [0.1, 0.15) is 16.4 Å². The molecule has 8 heteroatoms. The van der Waals surface area contributed by atoms with Gasteiger partial charge in [-0.3, -0.25) is 9.48 Å². The molecule has 0 aliphatic heterocycles. The van der Waals surface area contributed by atoms with Crippen molar-refractivity contribution in [1.29, 1.82) is 0 Å². The van der Waals surface area contributed by atoms with Crippen molar-refractivity contribution in [3.05, 3.63) is 58.9 Å². The standard InChI is InChI=1S/C17H14FN3O3S/c1-2-21-7-6-13(20-21)12-9-25-16(14(12)17(23)24)19-15(22)10-4-3-5-11(18)8-10/h3-9H,2H2,1H3,(H,19,22)(H,23,24). The number of carboxylic acids is 1. The van der Waals surface area contributed by atoms with Crippen LogP contribution in [-0.4, -0.2) is 26.8 Å². The maximum Gasteiger partial charge on any atom is 0.339 e. The number of benzene rings is 1. The lowest BCUT2D eigenvalue weighted by molar-refractivity contribution is 0.0699. The third kappa shape index (κ3) is 3.43. The van der Waals surface area contributed by atoms with E-state index in [2.05, 4.69) is 10.4 Å². The Morgan fingerprint density at radius 3 is 2.80 bits per heavy atom. The van der Waals surface area contributed by atoms with E-state index in [1.165, 1.54) is 18.2 Å². The molecule has 3 rings (SSSR count). The molecule has 0 spiro atoms. The lowest BCUT2D eigenvalue weighted by Crippen LogP contribution is -2.13. The van der Waals surface area contributed by atoms with Crippen LogP contribution in [0.5, 0.6) is 0 Å². The third-order valence-corrected chi connectivity index (χ3v) is 4.45. The Balaban J connectivity index is 1.94. The number of carbonyl (C=O) groups excluding carboxylic acids is 1. The van der Waals surface area contributed by atoms with E-state index in [0.717, 1.165) is 17.4 Å². The number of halogens is 1. The third-order valence-electron chi connectivity index (χ3n) is 3.56. The summed E-state index contributed by atoms with van der Waals surface area (Å²) in [5.74, 6) is -2.28. The first-order valence-electron chi connectivity index (χ1n) is 7.45. The molecule has 0 aliphatic rings. The van der Waals surface area contributed by atoms with Gasteiger partial charge in [-0.1, -0.05) is 6.07 Å². The van der Waals surface area contributed by atoms with Crippen molar-refractivity contribution >= 4 is 28.2 Å². The fourth-order valence-corrected chi connectivity index (χ4v) is 3.28. The lowest BCUT2D eigenvalue weighted by Gasteiger charge is -2.05. The molecule has 1 aromatic carbocycles. The van der Waals surface area contributed by atoms with Crippen LogP contribution in [-0.2, 0) is 6.54 Å². The Hall–Kier alpha value is -3.00. The maximum absolute atomic E-state index is 13.3. The monoisotopic (exact) mass is 359 g/mol. The summed E-state index contributed by atoms with van der Waals surface area (Å²) in [7, 11) is 0. The summed E-state index contributed by atoms with van der Waals surface area (Å²) in [5.41, 5.74) is 1.03. The number of thiophene rings is 1. The molecule has 1 amide bonds. The van der Waals surface area contributed by atoms with Gasteiger partial charge in [0.05, 0.1) is 5.69 Å². The molecule has 0 saturated heterocycles. The predicted octanol–water partition coefficient (Wildman–Crippen LogP) is 3.72. The van der Waals surface area contributed by atoms with E-state index in [9.17, 15) is 19.1 Å². The van der Waals surface area contributed by atoms with Crippen LogP contribution < -0.4 is 5.32 Å². The van der Waals surface area contributed by atoms with E-state index < -0.39 is 17.7 Å². The van der Waals surface area contributed by atoms with Gasteiger partial charge < -0.3 is 10.4 Å². The second kappa shape index (κ2) is 6.86. The number of hydrogen-bond acceptors (Lipinski definition) is 4. The van der Waals surface area contributed by atoms with Gasteiger partial charge >= 0.3 is 5.97 Å². The van der Waals surface area contributed by atoms with E-state index in [1.54, 1.807) is 22.3 Å². The average Bonchev–Trinajstić information content (AvgIpc) is 3.21. The molecule has 6 nitrogen and oxygen atoms in total. The van der Waals surface area contributed by atoms with Crippen molar-refractivity contribution < 1.29 is 19.1 Å². The van der Waals surface area contributed by atoms with Gasteiger partial charge in [-0.05, 0) is 31.2 Å².